The summed E-state index contributed by atoms with van der Waals surface area (Å²) in [5, 5.41) is 8.45. The third-order valence-electron chi connectivity index (χ3n) is 11.2. The van der Waals surface area contributed by atoms with Gasteiger partial charge in [-0.1, -0.05) is 93.4 Å². The minimum absolute atomic E-state index is 0.0586. The average molecular weight is 689 g/mol. The number of fused-ring (bicyclic) bond motifs is 1. The number of urea groups is 1. The molecule has 2 aliphatic carbocycles. The summed E-state index contributed by atoms with van der Waals surface area (Å²) in [7, 11) is 1.69. The summed E-state index contributed by atoms with van der Waals surface area (Å²) < 4.78 is 0. The Morgan fingerprint density at radius 1 is 0.898 bits per heavy atom. The monoisotopic (exact) mass is 688 g/mol. The van der Waals surface area contributed by atoms with Gasteiger partial charge in [-0.05, 0) is 61.2 Å². The number of amides is 6. The Kier molecular flexibility index (Phi) is 13.7. The van der Waals surface area contributed by atoms with Crippen molar-refractivity contribution >= 4 is 35.4 Å². The van der Waals surface area contributed by atoms with Gasteiger partial charge in [0.25, 0.3) is 5.91 Å². The molecule has 3 aliphatic rings. The fourth-order valence-electron chi connectivity index (χ4n) is 7.70. The molecule has 12 heteroatoms. The van der Waals surface area contributed by atoms with E-state index in [1.165, 1.54) is 19.3 Å². The highest BCUT2D eigenvalue weighted by Gasteiger charge is 2.65. The molecule has 278 valence electrons. The summed E-state index contributed by atoms with van der Waals surface area (Å²) in [5.74, 6) is -1.91. The number of likely N-dealkylation sites (tertiary alicyclic amines) is 1. The molecule has 0 aromatic heterocycles. The van der Waals surface area contributed by atoms with Crippen LogP contribution in [0.3, 0.4) is 0 Å². The number of hydrogen-bond acceptors (Lipinski definition) is 6. The molecule has 0 radical (unpaired) electrons. The van der Waals surface area contributed by atoms with Gasteiger partial charge in [-0.15, -0.1) is 0 Å². The summed E-state index contributed by atoms with van der Waals surface area (Å²) in [5.41, 5.74) is 4.66. The van der Waals surface area contributed by atoms with E-state index in [1.54, 1.807) is 16.8 Å². The first-order valence-electron chi connectivity index (χ1n) is 18.6. The van der Waals surface area contributed by atoms with E-state index in [9.17, 15) is 28.8 Å². The first-order valence-corrected chi connectivity index (χ1v) is 18.6. The molecule has 3 rings (SSSR count). The molecule has 2 saturated carbocycles. The van der Waals surface area contributed by atoms with Crippen molar-refractivity contribution < 1.29 is 28.8 Å². The number of primary amides is 1. The summed E-state index contributed by atoms with van der Waals surface area (Å²) in [6, 6.07) is -4.43. The molecule has 5 N–H and O–H groups in total. The van der Waals surface area contributed by atoms with E-state index in [1.807, 2.05) is 48.5 Å². The van der Waals surface area contributed by atoms with E-state index in [0.717, 1.165) is 25.2 Å². The van der Waals surface area contributed by atoms with Crippen LogP contribution >= 0.6 is 0 Å². The van der Waals surface area contributed by atoms with Gasteiger partial charge in [-0.3, -0.25) is 24.0 Å². The minimum atomic E-state index is -1.09. The molecule has 0 aromatic rings. The molecule has 12 nitrogen and oxygen atoms in total. The smallest absolute Gasteiger partial charge is 0.316 e. The number of nitrogens with zero attached hydrogens (tertiary/aromatic N) is 2. The minimum Gasteiger partial charge on any atom is -0.363 e. The van der Waals surface area contributed by atoms with Gasteiger partial charge in [0.1, 0.15) is 18.1 Å². The van der Waals surface area contributed by atoms with Crippen LogP contribution in [0.4, 0.5) is 4.79 Å². The topological polar surface area (TPSA) is 171 Å². The Balaban J connectivity index is 1.78. The molecule has 6 amide bonds. The number of ketones is 1. The quantitative estimate of drug-likeness (QED) is 0.134. The predicted molar refractivity (Wildman–Crippen MR) is 189 cm³/mol. The van der Waals surface area contributed by atoms with Crippen molar-refractivity contribution in [3.63, 3.8) is 0 Å². The summed E-state index contributed by atoms with van der Waals surface area (Å²) in [6.45, 7) is 17.5. The zero-order valence-corrected chi connectivity index (χ0v) is 31.6. The second kappa shape index (κ2) is 16.7. The Bertz CT molecular complexity index is 1220. The first kappa shape index (κ1) is 40.3. The lowest BCUT2D eigenvalue weighted by molar-refractivity contribution is -0.144. The van der Waals surface area contributed by atoms with E-state index >= 15 is 0 Å². The maximum absolute atomic E-state index is 14.4. The van der Waals surface area contributed by atoms with Gasteiger partial charge in [0, 0.05) is 19.6 Å². The lowest BCUT2D eigenvalue weighted by Gasteiger charge is -2.38. The number of likely N-dealkylation sites (N-methyl/N-ethyl adjacent to an activating group) is 1. The van der Waals surface area contributed by atoms with Crippen molar-refractivity contribution in [3.8, 4) is 0 Å². The standard InChI is InChI=1S/C37H64N6O6/c1-20(2)26-24-19-43(35(48)31(37(7,8)9)41-36(49)40-28(21(3)4)34(47)42(10)22(5)6)29(27(24)26)33(46)39-25(30(44)32(38)45)18-13-11-12-15-23-16-14-17-23/h20-29,31H,11-19H2,1-10H3,(H2,38,45)(H,39,46)(H2,40,41,49)/t24-,25?,26?,27-,28+,29+,31-/m1/s1. The average Bonchev–Trinajstić information content (AvgIpc) is 3.56. The molecule has 49 heavy (non-hydrogen) atoms. The van der Waals surface area contributed by atoms with Crippen molar-refractivity contribution in [1.82, 2.24) is 25.8 Å². The second-order valence-corrected chi connectivity index (χ2v) is 16.9. The van der Waals surface area contributed by atoms with Crippen LogP contribution in [0.25, 0.3) is 0 Å². The van der Waals surface area contributed by atoms with Gasteiger partial charge < -0.3 is 31.5 Å². The molecule has 1 saturated heterocycles. The number of Topliss-reactive ketones (excluding diaryl/α,β-unsaturated/α-hetero) is 1. The molecule has 0 bridgehead atoms. The predicted octanol–water partition coefficient (Wildman–Crippen LogP) is 3.61. The van der Waals surface area contributed by atoms with Crippen molar-refractivity contribution in [2.75, 3.05) is 13.6 Å². The fourth-order valence-corrected chi connectivity index (χ4v) is 7.70. The number of piperidine rings is 1. The maximum atomic E-state index is 14.4. The van der Waals surface area contributed by atoms with Gasteiger partial charge in [-0.2, -0.15) is 0 Å². The Labute approximate surface area is 293 Å². The number of unbranched alkanes of at least 4 members (excludes halogenated alkanes) is 2. The highest BCUT2D eigenvalue weighted by Crippen LogP contribution is 2.59. The summed E-state index contributed by atoms with van der Waals surface area (Å²) in [4.78, 5) is 83.0. The van der Waals surface area contributed by atoms with Crippen LogP contribution in [0.15, 0.2) is 0 Å². The summed E-state index contributed by atoms with van der Waals surface area (Å²) in [6.07, 6.45) is 7.90. The third kappa shape index (κ3) is 9.96. The number of carbonyl (C=O) groups is 6. The summed E-state index contributed by atoms with van der Waals surface area (Å²) >= 11 is 0. The maximum Gasteiger partial charge on any atom is 0.316 e. The lowest BCUT2D eigenvalue weighted by Crippen LogP contribution is -2.62. The van der Waals surface area contributed by atoms with Crippen LogP contribution < -0.4 is 21.7 Å². The lowest BCUT2D eigenvalue weighted by atomic mass is 9.81. The first-order chi connectivity index (χ1) is 22.8. The van der Waals surface area contributed by atoms with Crippen molar-refractivity contribution in [2.45, 2.75) is 144 Å². The number of nitrogens with two attached hydrogens (primary N) is 1. The Hall–Kier alpha value is -3.18. The largest absolute Gasteiger partial charge is 0.363 e. The highest BCUT2D eigenvalue weighted by molar-refractivity contribution is 6.37. The zero-order chi connectivity index (χ0) is 37.0. The fraction of sp³-hybridized carbons (Fsp3) is 0.838. The van der Waals surface area contributed by atoms with Crippen LogP contribution in [-0.4, -0.2) is 89.0 Å². The van der Waals surface area contributed by atoms with Gasteiger partial charge in [-0.25, -0.2) is 4.79 Å². The van der Waals surface area contributed by atoms with E-state index in [-0.39, 0.29) is 41.5 Å². The van der Waals surface area contributed by atoms with Crippen molar-refractivity contribution in [3.05, 3.63) is 0 Å². The Morgan fingerprint density at radius 3 is 2.02 bits per heavy atom. The van der Waals surface area contributed by atoms with Gasteiger partial charge >= 0.3 is 6.03 Å². The Morgan fingerprint density at radius 2 is 1.53 bits per heavy atom. The molecule has 1 heterocycles. The third-order valence-corrected chi connectivity index (χ3v) is 11.2. The number of rotatable bonds is 17. The van der Waals surface area contributed by atoms with Crippen LogP contribution in [-0.2, 0) is 24.0 Å². The van der Waals surface area contributed by atoms with Gasteiger partial charge in [0.05, 0.1) is 6.04 Å². The number of hydrogen-bond donors (Lipinski definition) is 4. The van der Waals surface area contributed by atoms with Crippen LogP contribution in [0.5, 0.6) is 0 Å². The molecular weight excluding hydrogens is 624 g/mol. The normalized spacial score (nSPS) is 23.7. The molecule has 0 aromatic carbocycles. The van der Waals surface area contributed by atoms with Gasteiger partial charge in [0.15, 0.2) is 0 Å². The second-order valence-electron chi connectivity index (χ2n) is 16.9. The van der Waals surface area contributed by atoms with E-state index in [4.69, 9.17) is 5.73 Å². The number of nitrogens with one attached hydrogen (secondary N) is 3. The molecule has 2 unspecified atom stereocenters. The van der Waals surface area contributed by atoms with Crippen LogP contribution in [0, 0.1) is 40.9 Å². The SMILES string of the molecule is CC(C)C1[C@H]2[C@@H]1CN(C(=O)[C@@H](NC(=O)N[C@H](C(=O)N(C)C(C)C)C(C)C)C(C)(C)C)[C@@H]2C(=O)NC(CCCCCC1CCC1)C(=O)C(N)=O. The van der Waals surface area contributed by atoms with E-state index in [2.05, 4.69) is 29.8 Å². The van der Waals surface area contributed by atoms with Gasteiger partial charge in [0.2, 0.25) is 23.5 Å². The van der Waals surface area contributed by atoms with Crippen LogP contribution in [0.1, 0.15) is 114 Å². The highest BCUT2D eigenvalue weighted by atomic mass is 16.2. The molecule has 0 spiro atoms. The molecule has 3 fully saturated rings. The van der Waals surface area contributed by atoms with E-state index in [0.29, 0.717) is 19.4 Å². The zero-order valence-electron chi connectivity index (χ0n) is 31.6. The van der Waals surface area contributed by atoms with Crippen LogP contribution in [0.2, 0.25) is 0 Å². The molecule has 1 aliphatic heterocycles. The van der Waals surface area contributed by atoms with Crippen molar-refractivity contribution in [1.29, 1.82) is 0 Å². The number of carbonyl (C=O) groups excluding carboxylic acids is 6. The van der Waals surface area contributed by atoms with E-state index < -0.39 is 59.1 Å². The molecule has 7 atom stereocenters. The van der Waals surface area contributed by atoms with Crippen molar-refractivity contribution in [2.24, 2.45) is 46.7 Å². The molecular formula is C37H64N6O6.